The first-order chi connectivity index (χ1) is 19.4. The third-order valence-electron chi connectivity index (χ3n) is 5.84. The van der Waals surface area contributed by atoms with Crippen LogP contribution >= 0.6 is 0 Å². The Morgan fingerprint density at radius 1 is 0.650 bits per heavy atom. The number of ether oxygens (including phenoxy) is 3. The number of benzene rings is 4. The van der Waals surface area contributed by atoms with E-state index in [9.17, 15) is 24.3 Å². The van der Waals surface area contributed by atoms with E-state index in [4.69, 9.17) is 14.2 Å². The molecule has 0 aliphatic rings. The minimum atomic E-state index is -0.916. The van der Waals surface area contributed by atoms with E-state index >= 15 is 0 Å². The number of ketones is 1. The molecule has 202 valence electrons. The number of hydrogen-bond acceptors (Lipinski definition) is 8. The van der Waals surface area contributed by atoms with E-state index in [-0.39, 0.29) is 28.9 Å². The fourth-order valence-corrected chi connectivity index (χ4v) is 3.78. The molecule has 4 aromatic rings. The van der Waals surface area contributed by atoms with Crippen LogP contribution in [-0.4, -0.2) is 35.4 Å². The summed E-state index contributed by atoms with van der Waals surface area (Å²) in [5.74, 6) is -5.30. The van der Waals surface area contributed by atoms with Crippen LogP contribution in [0.2, 0.25) is 0 Å². The fraction of sp³-hybridized carbons (Fsp3) is 0.125. The van der Waals surface area contributed by atoms with E-state index in [1.54, 1.807) is 54.6 Å². The number of phenolic OH excluding ortho intramolecular Hbond substituents is 1. The molecule has 40 heavy (non-hydrogen) atoms. The van der Waals surface area contributed by atoms with Crippen molar-refractivity contribution in [3.05, 3.63) is 125 Å². The zero-order chi connectivity index (χ0) is 28.5. The number of phenols is 1. The quantitative estimate of drug-likeness (QED) is 0.113. The fourth-order valence-electron chi connectivity index (χ4n) is 3.78. The highest BCUT2D eigenvalue weighted by Crippen LogP contribution is 2.44. The third kappa shape index (κ3) is 6.42. The maximum atomic E-state index is 13.8. The molecule has 1 N–H and O–H groups in total. The second kappa shape index (κ2) is 13.0. The predicted molar refractivity (Wildman–Crippen MR) is 146 cm³/mol. The van der Waals surface area contributed by atoms with E-state index in [0.29, 0.717) is 6.42 Å². The zero-order valence-electron chi connectivity index (χ0n) is 21.7. The molecule has 0 spiro atoms. The lowest BCUT2D eigenvalue weighted by atomic mass is 9.96. The van der Waals surface area contributed by atoms with Crippen LogP contribution in [0.15, 0.2) is 97.1 Å². The summed E-state index contributed by atoms with van der Waals surface area (Å²) in [6.45, 7) is 1.99. The van der Waals surface area contributed by atoms with E-state index in [2.05, 4.69) is 0 Å². The number of rotatable bonds is 10. The van der Waals surface area contributed by atoms with Gasteiger partial charge >= 0.3 is 17.9 Å². The molecule has 0 aliphatic heterocycles. The highest BCUT2D eigenvalue weighted by molar-refractivity contribution is 6.17. The summed E-state index contributed by atoms with van der Waals surface area (Å²) in [6.07, 6.45) is 1.32. The van der Waals surface area contributed by atoms with Crippen molar-refractivity contribution >= 4 is 23.7 Å². The van der Waals surface area contributed by atoms with Crippen molar-refractivity contribution < 1.29 is 38.5 Å². The van der Waals surface area contributed by atoms with Gasteiger partial charge in [-0.1, -0.05) is 80.1 Å². The molecule has 8 heteroatoms. The predicted octanol–water partition coefficient (Wildman–Crippen LogP) is 6.02. The first-order valence-electron chi connectivity index (χ1n) is 12.6. The van der Waals surface area contributed by atoms with Crippen LogP contribution in [0, 0.1) is 0 Å². The minimum Gasteiger partial charge on any atom is -0.504 e. The highest BCUT2D eigenvalue weighted by atomic mass is 16.6. The van der Waals surface area contributed by atoms with Crippen LogP contribution in [0.25, 0.3) is 0 Å². The first kappa shape index (κ1) is 27.8. The average Bonchev–Trinajstić information content (AvgIpc) is 2.99. The molecule has 0 fully saturated rings. The molecule has 0 atom stereocenters. The van der Waals surface area contributed by atoms with Crippen molar-refractivity contribution in [3.8, 4) is 17.2 Å². The topological polar surface area (TPSA) is 116 Å². The summed E-state index contributed by atoms with van der Waals surface area (Å²) in [6, 6.07) is 24.8. The lowest BCUT2D eigenvalue weighted by molar-refractivity contribution is 0.0494. The van der Waals surface area contributed by atoms with Crippen molar-refractivity contribution in [1.29, 1.82) is 0 Å². The second-order valence-electron chi connectivity index (χ2n) is 8.67. The molecule has 8 nitrogen and oxygen atoms in total. The van der Waals surface area contributed by atoms with E-state index in [1.807, 2.05) is 6.92 Å². The molecular formula is C32H26O8. The number of hydrogen-bond donors (Lipinski definition) is 1. The standard InChI is InChI=1S/C32H26O8/c1-2-3-19-38-32(37)24-20-25(33)28(39-30(35)22-15-9-5-10-16-22)29(40-31(36)23-17-11-6-12-18-23)26(24)27(34)21-13-7-4-8-14-21/h4-18,20,33H,2-3,19H2,1H3. The van der Waals surface area contributed by atoms with Gasteiger partial charge in [0.25, 0.3) is 0 Å². The number of esters is 3. The van der Waals surface area contributed by atoms with Crippen molar-refractivity contribution in [2.24, 2.45) is 0 Å². The Morgan fingerprint density at radius 2 is 1.12 bits per heavy atom. The normalized spacial score (nSPS) is 10.4. The largest absolute Gasteiger partial charge is 0.504 e. The molecule has 0 radical (unpaired) electrons. The monoisotopic (exact) mass is 538 g/mol. The molecule has 0 aliphatic carbocycles. The summed E-state index contributed by atoms with van der Waals surface area (Å²) in [5, 5.41) is 11.0. The number of aromatic hydroxyl groups is 1. The van der Waals surface area contributed by atoms with Gasteiger partial charge in [-0.05, 0) is 36.8 Å². The van der Waals surface area contributed by atoms with Crippen LogP contribution in [0.4, 0.5) is 0 Å². The molecule has 0 saturated heterocycles. The number of carbonyl (C=O) groups is 4. The van der Waals surface area contributed by atoms with Gasteiger partial charge < -0.3 is 19.3 Å². The Bertz CT molecular complexity index is 1510. The van der Waals surface area contributed by atoms with Crippen LogP contribution in [-0.2, 0) is 4.74 Å². The maximum Gasteiger partial charge on any atom is 0.343 e. The summed E-state index contributed by atoms with van der Waals surface area (Å²) < 4.78 is 16.5. The Hall–Kier alpha value is -5.24. The molecule has 0 amide bonds. The molecule has 4 aromatic carbocycles. The number of carbonyl (C=O) groups excluding carboxylic acids is 4. The van der Waals surface area contributed by atoms with Crippen LogP contribution in [0.5, 0.6) is 17.2 Å². The van der Waals surface area contributed by atoms with Gasteiger partial charge in [0.1, 0.15) is 0 Å². The molecule has 0 saturated carbocycles. The molecule has 0 heterocycles. The van der Waals surface area contributed by atoms with Gasteiger partial charge in [-0.3, -0.25) is 4.79 Å². The van der Waals surface area contributed by atoms with Gasteiger partial charge in [0, 0.05) is 5.56 Å². The van der Waals surface area contributed by atoms with Crippen LogP contribution in [0.1, 0.15) is 66.8 Å². The summed E-state index contributed by atoms with van der Waals surface area (Å²) in [5.41, 5.74) is -0.325. The minimum absolute atomic E-state index is 0.0684. The SMILES string of the molecule is CCCCOC(=O)c1cc(O)c(OC(=O)c2ccccc2)c(OC(=O)c2ccccc2)c1C(=O)c1ccccc1. The van der Waals surface area contributed by atoms with Crippen LogP contribution in [0.3, 0.4) is 0 Å². The lowest BCUT2D eigenvalue weighted by Crippen LogP contribution is -2.19. The maximum absolute atomic E-state index is 13.8. The second-order valence-corrected chi connectivity index (χ2v) is 8.67. The van der Waals surface area contributed by atoms with Gasteiger partial charge in [0.05, 0.1) is 28.9 Å². The Balaban J connectivity index is 1.91. The van der Waals surface area contributed by atoms with Gasteiger partial charge in [0.2, 0.25) is 5.75 Å². The summed E-state index contributed by atoms with van der Waals surface area (Å²) in [7, 11) is 0. The van der Waals surface area contributed by atoms with Crippen molar-refractivity contribution in [1.82, 2.24) is 0 Å². The first-order valence-corrected chi connectivity index (χ1v) is 12.6. The van der Waals surface area contributed by atoms with Gasteiger partial charge in [-0.25, -0.2) is 14.4 Å². The molecular weight excluding hydrogens is 512 g/mol. The lowest BCUT2D eigenvalue weighted by Gasteiger charge is -2.18. The van der Waals surface area contributed by atoms with E-state index in [0.717, 1.165) is 12.5 Å². The van der Waals surface area contributed by atoms with Crippen LogP contribution < -0.4 is 9.47 Å². The van der Waals surface area contributed by atoms with Crippen molar-refractivity contribution in [3.63, 3.8) is 0 Å². The molecule has 0 bridgehead atoms. The molecule has 0 aromatic heterocycles. The Kier molecular flexibility index (Phi) is 9.04. The van der Waals surface area contributed by atoms with Gasteiger partial charge in [-0.2, -0.15) is 0 Å². The smallest absolute Gasteiger partial charge is 0.343 e. The zero-order valence-corrected chi connectivity index (χ0v) is 21.7. The van der Waals surface area contributed by atoms with E-state index < -0.39 is 46.5 Å². The average molecular weight is 539 g/mol. The molecule has 4 rings (SSSR count). The summed E-state index contributed by atoms with van der Waals surface area (Å²) in [4.78, 5) is 53.1. The highest BCUT2D eigenvalue weighted by Gasteiger charge is 2.33. The van der Waals surface area contributed by atoms with E-state index in [1.165, 1.54) is 36.4 Å². The Morgan fingerprint density at radius 3 is 1.62 bits per heavy atom. The van der Waals surface area contributed by atoms with Crippen molar-refractivity contribution in [2.45, 2.75) is 19.8 Å². The molecule has 0 unspecified atom stereocenters. The van der Waals surface area contributed by atoms with Crippen molar-refractivity contribution in [2.75, 3.05) is 6.61 Å². The third-order valence-corrected chi connectivity index (χ3v) is 5.84. The van der Waals surface area contributed by atoms with Gasteiger partial charge in [0.15, 0.2) is 17.3 Å². The summed E-state index contributed by atoms with van der Waals surface area (Å²) >= 11 is 0. The Labute approximate surface area is 230 Å². The number of unbranched alkanes of at least 4 members (excludes halogenated alkanes) is 1. The van der Waals surface area contributed by atoms with Gasteiger partial charge in [-0.15, -0.1) is 0 Å².